The van der Waals surface area contributed by atoms with Crippen molar-refractivity contribution in [3.8, 4) is 11.5 Å². The molecule has 0 aliphatic rings. The number of rotatable bonds is 7. The van der Waals surface area contributed by atoms with Gasteiger partial charge in [-0.2, -0.15) is 0 Å². The van der Waals surface area contributed by atoms with Gasteiger partial charge in [-0.05, 0) is 38.5 Å². The number of nitrogens with zero attached hydrogens (tertiary/aromatic N) is 1. The van der Waals surface area contributed by atoms with E-state index in [1.165, 1.54) is 7.11 Å². The molecule has 0 radical (unpaired) electrons. The van der Waals surface area contributed by atoms with Crippen molar-refractivity contribution in [2.75, 3.05) is 13.7 Å². The number of hydrogen-bond donors (Lipinski definition) is 2. The van der Waals surface area contributed by atoms with Crippen LogP contribution in [0, 0.1) is 0 Å². The standard InChI is InChI=1S/C15H23NO4/c1-10(2)16(8-7-15(18)19)11(3)12-5-6-13(17)14(9-12)20-4/h5-6,9-11,17H,7-8H2,1-4H3,(H,18,19). The van der Waals surface area contributed by atoms with Crippen molar-refractivity contribution in [1.82, 2.24) is 4.90 Å². The van der Waals surface area contributed by atoms with Gasteiger partial charge >= 0.3 is 5.97 Å². The van der Waals surface area contributed by atoms with Gasteiger partial charge < -0.3 is 14.9 Å². The molecule has 20 heavy (non-hydrogen) atoms. The predicted molar refractivity (Wildman–Crippen MR) is 77.2 cm³/mol. The lowest BCUT2D eigenvalue weighted by Crippen LogP contribution is -2.35. The Bertz CT molecular complexity index is 459. The number of hydrogen-bond acceptors (Lipinski definition) is 4. The van der Waals surface area contributed by atoms with E-state index in [9.17, 15) is 9.90 Å². The molecule has 0 saturated heterocycles. The number of aromatic hydroxyl groups is 1. The summed E-state index contributed by atoms with van der Waals surface area (Å²) in [5.74, 6) is -0.271. The Kier molecular flexibility index (Phi) is 5.82. The van der Waals surface area contributed by atoms with E-state index in [1.54, 1.807) is 12.1 Å². The van der Waals surface area contributed by atoms with E-state index >= 15 is 0 Å². The molecule has 0 bridgehead atoms. The molecule has 0 aliphatic carbocycles. The third-order valence-corrected chi connectivity index (χ3v) is 3.43. The molecule has 2 N–H and O–H groups in total. The van der Waals surface area contributed by atoms with Gasteiger partial charge in [0.05, 0.1) is 13.5 Å². The SMILES string of the molecule is COc1cc(C(C)N(CCC(=O)O)C(C)C)ccc1O. The van der Waals surface area contributed by atoms with Crippen LogP contribution < -0.4 is 4.74 Å². The fourth-order valence-electron chi connectivity index (χ4n) is 2.27. The first-order chi connectivity index (χ1) is 9.36. The number of carbonyl (C=O) groups is 1. The van der Waals surface area contributed by atoms with Crippen LogP contribution in [0.25, 0.3) is 0 Å². The van der Waals surface area contributed by atoms with Crippen LogP contribution in [0.4, 0.5) is 0 Å². The van der Waals surface area contributed by atoms with Crippen molar-refractivity contribution in [2.45, 2.75) is 39.3 Å². The average Bonchev–Trinajstić information content (AvgIpc) is 2.38. The van der Waals surface area contributed by atoms with Crippen LogP contribution in [0.3, 0.4) is 0 Å². The summed E-state index contributed by atoms with van der Waals surface area (Å²) in [6, 6.07) is 5.49. The highest BCUT2D eigenvalue weighted by Gasteiger charge is 2.20. The van der Waals surface area contributed by atoms with Gasteiger partial charge in [-0.25, -0.2) is 0 Å². The molecule has 0 aliphatic heterocycles. The zero-order valence-corrected chi connectivity index (χ0v) is 12.5. The van der Waals surface area contributed by atoms with Crippen LogP contribution in [-0.4, -0.2) is 40.8 Å². The molecule has 0 saturated carbocycles. The van der Waals surface area contributed by atoms with Gasteiger partial charge in [0.2, 0.25) is 0 Å². The molecule has 112 valence electrons. The molecule has 1 atom stereocenters. The maximum Gasteiger partial charge on any atom is 0.304 e. The molecule has 0 fully saturated rings. The maximum absolute atomic E-state index is 10.8. The van der Waals surface area contributed by atoms with Crippen LogP contribution in [0.1, 0.15) is 38.8 Å². The third kappa shape index (κ3) is 4.13. The Morgan fingerprint density at radius 2 is 2.00 bits per heavy atom. The molecule has 0 amide bonds. The quantitative estimate of drug-likeness (QED) is 0.804. The molecule has 1 unspecified atom stereocenters. The summed E-state index contributed by atoms with van der Waals surface area (Å²) < 4.78 is 5.11. The second-order valence-corrected chi connectivity index (χ2v) is 5.08. The molecule has 5 nitrogen and oxygen atoms in total. The summed E-state index contributed by atoms with van der Waals surface area (Å²) in [6.45, 7) is 6.58. The van der Waals surface area contributed by atoms with Crippen molar-refractivity contribution in [3.63, 3.8) is 0 Å². The Morgan fingerprint density at radius 3 is 2.50 bits per heavy atom. The van der Waals surface area contributed by atoms with E-state index in [-0.39, 0.29) is 24.3 Å². The van der Waals surface area contributed by atoms with Gasteiger partial charge in [0, 0.05) is 18.6 Å². The number of carboxylic acids is 1. The molecule has 1 aromatic carbocycles. The highest BCUT2D eigenvalue weighted by atomic mass is 16.5. The molecule has 0 aromatic heterocycles. The number of benzene rings is 1. The molecule has 0 heterocycles. The van der Waals surface area contributed by atoms with E-state index in [2.05, 4.69) is 4.90 Å². The monoisotopic (exact) mass is 281 g/mol. The van der Waals surface area contributed by atoms with E-state index in [0.29, 0.717) is 12.3 Å². The number of aliphatic carboxylic acids is 1. The first kappa shape index (κ1) is 16.3. The number of carboxylic acid groups (broad SMARTS) is 1. The van der Waals surface area contributed by atoms with E-state index in [4.69, 9.17) is 9.84 Å². The summed E-state index contributed by atoms with van der Waals surface area (Å²) in [6.07, 6.45) is 0.109. The van der Waals surface area contributed by atoms with Crippen LogP contribution in [-0.2, 0) is 4.79 Å². The van der Waals surface area contributed by atoms with E-state index in [0.717, 1.165) is 5.56 Å². The van der Waals surface area contributed by atoms with E-state index in [1.807, 2.05) is 26.8 Å². The molecule has 5 heteroatoms. The molecule has 1 rings (SSSR count). The maximum atomic E-state index is 10.8. The van der Waals surface area contributed by atoms with Crippen LogP contribution in [0.2, 0.25) is 0 Å². The first-order valence-corrected chi connectivity index (χ1v) is 6.71. The number of ether oxygens (including phenoxy) is 1. The fraction of sp³-hybridized carbons (Fsp3) is 0.533. The van der Waals surface area contributed by atoms with E-state index < -0.39 is 5.97 Å². The molecule has 0 spiro atoms. The second kappa shape index (κ2) is 7.14. The van der Waals surface area contributed by atoms with Gasteiger partial charge in [0.25, 0.3) is 0 Å². The van der Waals surface area contributed by atoms with Crippen LogP contribution in [0.15, 0.2) is 18.2 Å². The lowest BCUT2D eigenvalue weighted by molar-refractivity contribution is -0.137. The number of phenolic OH excluding ortho intramolecular Hbond substituents is 1. The number of methoxy groups -OCH3 is 1. The van der Waals surface area contributed by atoms with Crippen LogP contribution >= 0.6 is 0 Å². The highest BCUT2D eigenvalue weighted by Crippen LogP contribution is 2.31. The zero-order valence-electron chi connectivity index (χ0n) is 12.5. The number of phenols is 1. The fourth-order valence-corrected chi connectivity index (χ4v) is 2.27. The molecular weight excluding hydrogens is 258 g/mol. The van der Waals surface area contributed by atoms with Gasteiger partial charge in [-0.15, -0.1) is 0 Å². The van der Waals surface area contributed by atoms with Crippen molar-refractivity contribution < 1.29 is 19.7 Å². The minimum atomic E-state index is -0.800. The predicted octanol–water partition coefficient (Wildman–Crippen LogP) is 2.65. The third-order valence-electron chi connectivity index (χ3n) is 3.43. The topological polar surface area (TPSA) is 70.0 Å². The largest absolute Gasteiger partial charge is 0.504 e. The average molecular weight is 281 g/mol. The summed E-state index contributed by atoms with van der Waals surface area (Å²) in [5, 5.41) is 18.5. The smallest absolute Gasteiger partial charge is 0.304 e. The molecule has 1 aromatic rings. The van der Waals surface area contributed by atoms with Crippen molar-refractivity contribution in [2.24, 2.45) is 0 Å². The van der Waals surface area contributed by atoms with Gasteiger partial charge in [-0.3, -0.25) is 9.69 Å². The Morgan fingerprint density at radius 1 is 1.35 bits per heavy atom. The highest BCUT2D eigenvalue weighted by molar-refractivity contribution is 5.66. The lowest BCUT2D eigenvalue weighted by Gasteiger charge is -2.32. The Balaban J connectivity index is 2.93. The van der Waals surface area contributed by atoms with Crippen LogP contribution in [0.5, 0.6) is 11.5 Å². The summed E-state index contributed by atoms with van der Waals surface area (Å²) in [4.78, 5) is 12.9. The van der Waals surface area contributed by atoms with Gasteiger partial charge in [0.1, 0.15) is 0 Å². The minimum Gasteiger partial charge on any atom is -0.504 e. The van der Waals surface area contributed by atoms with Crippen molar-refractivity contribution in [3.05, 3.63) is 23.8 Å². The summed E-state index contributed by atoms with van der Waals surface area (Å²) in [5.41, 5.74) is 0.985. The minimum absolute atomic E-state index is 0.0452. The molecular formula is C15H23NO4. The summed E-state index contributed by atoms with van der Waals surface area (Å²) >= 11 is 0. The lowest BCUT2D eigenvalue weighted by atomic mass is 10.0. The summed E-state index contributed by atoms with van der Waals surface area (Å²) in [7, 11) is 1.51. The van der Waals surface area contributed by atoms with Crippen molar-refractivity contribution in [1.29, 1.82) is 0 Å². The Hall–Kier alpha value is -1.75. The second-order valence-electron chi connectivity index (χ2n) is 5.08. The van der Waals surface area contributed by atoms with Crippen molar-refractivity contribution >= 4 is 5.97 Å². The Labute approximate surface area is 119 Å². The zero-order chi connectivity index (χ0) is 15.3. The first-order valence-electron chi connectivity index (χ1n) is 6.71. The normalized spacial score (nSPS) is 12.7. The van der Waals surface area contributed by atoms with Gasteiger partial charge in [0.15, 0.2) is 11.5 Å². The van der Waals surface area contributed by atoms with Gasteiger partial charge in [-0.1, -0.05) is 6.07 Å².